The minimum Gasteiger partial charge on any atom is -0.480 e. The molecule has 176 valence electrons. The summed E-state index contributed by atoms with van der Waals surface area (Å²) in [6.45, 7) is 4.13. The van der Waals surface area contributed by atoms with E-state index in [9.17, 15) is 19.5 Å². The van der Waals surface area contributed by atoms with Crippen molar-refractivity contribution in [2.24, 2.45) is 0 Å². The molecule has 0 fully saturated rings. The quantitative estimate of drug-likeness (QED) is 0.437. The Kier molecular flexibility index (Phi) is 8.09. The van der Waals surface area contributed by atoms with Gasteiger partial charge in [0.15, 0.2) is 0 Å². The van der Waals surface area contributed by atoms with Crippen LogP contribution in [0.15, 0.2) is 48.5 Å². The molecule has 33 heavy (non-hydrogen) atoms. The van der Waals surface area contributed by atoms with E-state index in [1.807, 2.05) is 24.3 Å². The first-order valence-corrected chi connectivity index (χ1v) is 11.5. The standard InChI is InChI=1S/C26H32N2O5/c1-3-26(4-2,24(30)31)28-23(29)15-9-10-16-27-25(32)33-17-22-20-13-7-5-11-18(20)19-12-6-8-14-21(19)22/h5-8,11-14,22H,3-4,9-10,15-17H2,1-2H3,(H,27,32)(H,28,29)(H,30,31). The number of nitrogens with one attached hydrogen (secondary N) is 2. The van der Waals surface area contributed by atoms with Crippen LogP contribution in [0.25, 0.3) is 11.1 Å². The smallest absolute Gasteiger partial charge is 0.407 e. The van der Waals surface area contributed by atoms with Gasteiger partial charge in [0.1, 0.15) is 12.1 Å². The summed E-state index contributed by atoms with van der Waals surface area (Å²) in [6, 6.07) is 16.3. The summed E-state index contributed by atoms with van der Waals surface area (Å²) in [5.74, 6) is -1.29. The first-order valence-electron chi connectivity index (χ1n) is 11.5. The lowest BCUT2D eigenvalue weighted by molar-refractivity contribution is -0.148. The van der Waals surface area contributed by atoms with Gasteiger partial charge < -0.3 is 20.5 Å². The number of carboxylic acid groups (broad SMARTS) is 1. The predicted molar refractivity (Wildman–Crippen MR) is 126 cm³/mol. The molecule has 0 saturated carbocycles. The van der Waals surface area contributed by atoms with Crippen molar-refractivity contribution in [1.82, 2.24) is 10.6 Å². The maximum Gasteiger partial charge on any atom is 0.407 e. The summed E-state index contributed by atoms with van der Waals surface area (Å²) < 4.78 is 5.49. The fourth-order valence-electron chi connectivity index (χ4n) is 4.36. The van der Waals surface area contributed by atoms with E-state index in [0.717, 1.165) is 11.1 Å². The molecule has 0 aromatic heterocycles. The number of aliphatic carboxylic acids is 1. The Hall–Kier alpha value is -3.35. The number of hydrogen-bond acceptors (Lipinski definition) is 4. The van der Waals surface area contributed by atoms with Crippen LogP contribution in [0.1, 0.15) is 63.0 Å². The Morgan fingerprint density at radius 2 is 1.52 bits per heavy atom. The molecule has 0 saturated heterocycles. The predicted octanol–water partition coefficient (Wildman–Crippen LogP) is 4.46. The first kappa shape index (κ1) is 24.3. The monoisotopic (exact) mass is 452 g/mol. The number of unbranched alkanes of at least 4 members (excludes halogenated alkanes) is 1. The maximum atomic E-state index is 12.2. The van der Waals surface area contributed by atoms with Crippen LogP contribution in [0, 0.1) is 0 Å². The van der Waals surface area contributed by atoms with Crippen LogP contribution in [0.4, 0.5) is 4.79 Å². The van der Waals surface area contributed by atoms with E-state index >= 15 is 0 Å². The Labute approximate surface area is 194 Å². The third kappa shape index (κ3) is 5.53. The molecule has 1 aliphatic rings. The molecule has 0 radical (unpaired) electrons. The Bertz CT molecular complexity index is 954. The molecule has 0 heterocycles. The van der Waals surface area contributed by atoms with Crippen LogP contribution in [0.2, 0.25) is 0 Å². The third-order valence-corrected chi connectivity index (χ3v) is 6.44. The summed E-state index contributed by atoms with van der Waals surface area (Å²) in [4.78, 5) is 35.8. The fraction of sp³-hybridized carbons (Fsp3) is 0.423. The van der Waals surface area contributed by atoms with Gasteiger partial charge in [-0.2, -0.15) is 0 Å². The molecule has 2 aromatic carbocycles. The molecule has 0 spiro atoms. The molecule has 7 nitrogen and oxygen atoms in total. The number of ether oxygens (including phenoxy) is 1. The van der Waals surface area contributed by atoms with Crippen LogP contribution in [-0.4, -0.2) is 41.8 Å². The molecule has 3 rings (SSSR count). The molecular weight excluding hydrogens is 420 g/mol. The number of amides is 2. The number of carbonyl (C=O) groups is 3. The highest BCUT2D eigenvalue weighted by molar-refractivity contribution is 5.87. The highest BCUT2D eigenvalue weighted by atomic mass is 16.5. The van der Waals surface area contributed by atoms with Gasteiger partial charge >= 0.3 is 12.1 Å². The summed E-state index contributed by atoms with van der Waals surface area (Å²) >= 11 is 0. The second kappa shape index (κ2) is 11.0. The SMILES string of the molecule is CCC(CC)(NC(=O)CCCCNC(=O)OCC1c2ccccc2-c2ccccc21)C(=O)O. The van der Waals surface area contributed by atoms with Crippen molar-refractivity contribution in [3.05, 3.63) is 59.7 Å². The Balaban J connectivity index is 1.40. The van der Waals surface area contributed by atoms with E-state index in [1.54, 1.807) is 13.8 Å². The van der Waals surface area contributed by atoms with Gasteiger partial charge in [0.25, 0.3) is 0 Å². The third-order valence-electron chi connectivity index (χ3n) is 6.44. The lowest BCUT2D eigenvalue weighted by atomic mass is 9.92. The minimum atomic E-state index is -1.21. The van der Waals surface area contributed by atoms with E-state index in [0.29, 0.717) is 32.2 Å². The zero-order valence-electron chi connectivity index (χ0n) is 19.2. The van der Waals surface area contributed by atoms with Gasteiger partial charge in [0.2, 0.25) is 5.91 Å². The second-order valence-electron chi connectivity index (χ2n) is 8.35. The van der Waals surface area contributed by atoms with E-state index in [1.165, 1.54) is 11.1 Å². The van der Waals surface area contributed by atoms with Gasteiger partial charge in [-0.15, -0.1) is 0 Å². The van der Waals surface area contributed by atoms with Crippen molar-refractivity contribution in [2.75, 3.05) is 13.2 Å². The second-order valence-corrected chi connectivity index (χ2v) is 8.35. The van der Waals surface area contributed by atoms with E-state index in [4.69, 9.17) is 4.74 Å². The van der Waals surface area contributed by atoms with Crippen LogP contribution >= 0.6 is 0 Å². The molecule has 7 heteroatoms. The summed E-state index contributed by atoms with van der Waals surface area (Å²) in [6.07, 6.45) is 1.51. The van der Waals surface area contributed by atoms with Gasteiger partial charge in [-0.1, -0.05) is 62.4 Å². The number of rotatable bonds is 11. The Morgan fingerprint density at radius 3 is 2.06 bits per heavy atom. The molecule has 0 atom stereocenters. The molecule has 0 unspecified atom stereocenters. The first-order chi connectivity index (χ1) is 15.9. The van der Waals surface area contributed by atoms with Gasteiger partial charge in [0, 0.05) is 18.9 Å². The van der Waals surface area contributed by atoms with Crippen LogP contribution < -0.4 is 10.6 Å². The lowest BCUT2D eigenvalue weighted by Crippen LogP contribution is -2.53. The number of hydrogen-bond donors (Lipinski definition) is 3. The zero-order chi connectivity index (χ0) is 23.8. The summed E-state index contributed by atoms with van der Waals surface area (Å²) in [7, 11) is 0. The van der Waals surface area contributed by atoms with Gasteiger partial charge in [-0.3, -0.25) is 4.79 Å². The molecule has 1 aliphatic carbocycles. The van der Waals surface area contributed by atoms with Gasteiger partial charge in [0.05, 0.1) is 0 Å². The Morgan fingerprint density at radius 1 is 0.939 bits per heavy atom. The van der Waals surface area contributed by atoms with E-state index in [2.05, 4.69) is 34.9 Å². The minimum absolute atomic E-state index is 0.0125. The number of fused-ring (bicyclic) bond motifs is 3. The molecular formula is C26H32N2O5. The highest BCUT2D eigenvalue weighted by Crippen LogP contribution is 2.44. The molecule has 0 aliphatic heterocycles. The van der Waals surface area contributed by atoms with Crippen molar-refractivity contribution in [3.63, 3.8) is 0 Å². The van der Waals surface area contributed by atoms with Gasteiger partial charge in [-0.05, 0) is 47.9 Å². The largest absolute Gasteiger partial charge is 0.480 e. The molecule has 2 amide bonds. The van der Waals surface area contributed by atoms with Crippen molar-refractivity contribution < 1.29 is 24.2 Å². The zero-order valence-corrected chi connectivity index (χ0v) is 19.2. The van der Waals surface area contributed by atoms with Crippen molar-refractivity contribution >= 4 is 18.0 Å². The fourth-order valence-corrected chi connectivity index (χ4v) is 4.36. The van der Waals surface area contributed by atoms with E-state index < -0.39 is 17.6 Å². The molecule has 0 bridgehead atoms. The summed E-state index contributed by atoms with van der Waals surface area (Å²) in [5.41, 5.74) is 3.47. The average molecular weight is 453 g/mol. The lowest BCUT2D eigenvalue weighted by Gasteiger charge is -2.28. The van der Waals surface area contributed by atoms with E-state index in [-0.39, 0.29) is 24.9 Å². The maximum absolute atomic E-state index is 12.2. The highest BCUT2D eigenvalue weighted by Gasteiger charge is 2.36. The van der Waals surface area contributed by atoms with Crippen LogP contribution in [-0.2, 0) is 14.3 Å². The van der Waals surface area contributed by atoms with Crippen molar-refractivity contribution in [1.29, 1.82) is 0 Å². The number of alkyl carbamates (subject to hydrolysis) is 1. The summed E-state index contributed by atoms with van der Waals surface area (Å²) in [5, 5.41) is 14.8. The van der Waals surface area contributed by atoms with Crippen molar-refractivity contribution in [3.8, 4) is 11.1 Å². The average Bonchev–Trinajstić information content (AvgIpc) is 3.14. The topological polar surface area (TPSA) is 105 Å². The van der Waals surface area contributed by atoms with Gasteiger partial charge in [-0.25, -0.2) is 9.59 Å². The number of benzene rings is 2. The normalized spacial score (nSPS) is 12.5. The number of carboxylic acids is 1. The molecule has 2 aromatic rings. The van der Waals surface area contributed by atoms with Crippen LogP contribution in [0.3, 0.4) is 0 Å². The number of carbonyl (C=O) groups excluding carboxylic acids is 2. The van der Waals surface area contributed by atoms with Crippen molar-refractivity contribution in [2.45, 2.75) is 57.4 Å². The van der Waals surface area contributed by atoms with Crippen LogP contribution in [0.5, 0.6) is 0 Å². The molecule has 3 N–H and O–H groups in total.